The Morgan fingerprint density at radius 1 is 0.909 bits per heavy atom. The Bertz CT molecular complexity index is 1770. The van der Waals surface area contributed by atoms with Gasteiger partial charge in [0, 0.05) is 41.8 Å². The minimum atomic E-state index is -3.71. The zero-order chi connectivity index (χ0) is 30.7. The number of carbonyl (C=O) groups excluding carboxylic acids is 2. The summed E-state index contributed by atoms with van der Waals surface area (Å²) in [4.78, 5) is 30.0. The molecule has 6 rings (SSSR count). The number of hydrogen-bond donors (Lipinski definition) is 1. The molecule has 7 nitrogen and oxygen atoms in total. The molecule has 1 atom stereocenters. The summed E-state index contributed by atoms with van der Waals surface area (Å²) >= 11 is 3.54. The summed E-state index contributed by atoms with van der Waals surface area (Å²) in [6, 6.07) is 27.9. The highest BCUT2D eigenvalue weighted by Crippen LogP contribution is 2.42. The van der Waals surface area contributed by atoms with E-state index in [4.69, 9.17) is 0 Å². The molecule has 1 N–H and O–H groups in total. The summed E-state index contributed by atoms with van der Waals surface area (Å²) < 4.78 is 29.3. The van der Waals surface area contributed by atoms with E-state index in [1.807, 2.05) is 78.9 Å². The van der Waals surface area contributed by atoms with Gasteiger partial charge in [0.2, 0.25) is 11.8 Å². The van der Waals surface area contributed by atoms with Gasteiger partial charge in [-0.25, -0.2) is 8.42 Å². The highest BCUT2D eigenvalue weighted by atomic mass is 79.9. The van der Waals surface area contributed by atoms with Crippen molar-refractivity contribution in [2.24, 2.45) is 0 Å². The Morgan fingerprint density at radius 3 is 2.36 bits per heavy atom. The molecule has 1 heterocycles. The van der Waals surface area contributed by atoms with Crippen LogP contribution >= 0.6 is 15.9 Å². The predicted octanol–water partition coefficient (Wildman–Crippen LogP) is 6.59. The molecule has 0 spiro atoms. The number of halogens is 1. The van der Waals surface area contributed by atoms with Crippen LogP contribution in [0.1, 0.15) is 49.7 Å². The fourth-order valence-corrected chi connectivity index (χ4v) is 8.67. The van der Waals surface area contributed by atoms with Crippen molar-refractivity contribution in [3.63, 3.8) is 0 Å². The normalized spacial score (nSPS) is 16.2. The van der Waals surface area contributed by atoms with Crippen LogP contribution in [-0.4, -0.2) is 43.8 Å². The lowest BCUT2D eigenvalue weighted by atomic mass is 10.0. The molecule has 228 valence electrons. The standard InChI is InChI=1S/C35H36BrN3O4S/c36-28-15-6-12-26(22-28)24-38(31(23-25-10-2-1-3-11-25)35(41)37-29-16-4-5-17-29)33(40)20-9-21-39-30-18-7-13-27-14-8-19-32(34(27)30)44(39,42)43/h1-3,6-8,10-15,18-19,22,29,31H,4-5,9,16-17,20-21,23-24H2,(H,37,41)/t31-/m1/s1. The number of hydrogen-bond acceptors (Lipinski definition) is 4. The van der Waals surface area contributed by atoms with Gasteiger partial charge in [0.05, 0.1) is 10.6 Å². The second kappa shape index (κ2) is 13.1. The molecular weight excluding hydrogens is 638 g/mol. The molecule has 0 unspecified atom stereocenters. The molecule has 4 aromatic rings. The largest absolute Gasteiger partial charge is 0.352 e. The summed E-state index contributed by atoms with van der Waals surface area (Å²) in [7, 11) is -3.71. The van der Waals surface area contributed by atoms with Gasteiger partial charge >= 0.3 is 0 Å². The van der Waals surface area contributed by atoms with E-state index in [0.717, 1.165) is 52.1 Å². The smallest absolute Gasteiger partial charge is 0.265 e. The third-order valence-corrected chi connectivity index (χ3v) is 11.0. The number of rotatable bonds is 11. The van der Waals surface area contributed by atoms with Crippen LogP contribution in [0.5, 0.6) is 0 Å². The van der Waals surface area contributed by atoms with Crippen LogP contribution in [0.3, 0.4) is 0 Å². The lowest BCUT2D eigenvalue weighted by Gasteiger charge is -2.32. The molecule has 2 aliphatic rings. The van der Waals surface area contributed by atoms with Crippen LogP contribution in [0, 0.1) is 0 Å². The summed E-state index contributed by atoms with van der Waals surface area (Å²) in [5.74, 6) is -0.326. The molecule has 44 heavy (non-hydrogen) atoms. The van der Waals surface area contributed by atoms with E-state index in [1.165, 1.54) is 4.31 Å². The average molecular weight is 675 g/mol. The van der Waals surface area contributed by atoms with Crippen molar-refractivity contribution < 1.29 is 18.0 Å². The van der Waals surface area contributed by atoms with Crippen LogP contribution in [0.15, 0.2) is 100 Å². The topological polar surface area (TPSA) is 86.8 Å². The molecule has 2 amide bonds. The number of benzene rings is 4. The van der Waals surface area contributed by atoms with Crippen molar-refractivity contribution in [1.29, 1.82) is 0 Å². The fraction of sp³-hybridized carbons (Fsp3) is 0.314. The van der Waals surface area contributed by atoms with Gasteiger partial charge in [-0.2, -0.15) is 0 Å². The van der Waals surface area contributed by atoms with Gasteiger partial charge in [0.1, 0.15) is 6.04 Å². The van der Waals surface area contributed by atoms with E-state index in [0.29, 0.717) is 23.4 Å². The number of sulfonamides is 1. The first kappa shape index (κ1) is 30.3. The van der Waals surface area contributed by atoms with Crippen molar-refractivity contribution in [3.05, 3.63) is 107 Å². The van der Waals surface area contributed by atoms with Crippen LogP contribution in [0.25, 0.3) is 10.8 Å². The van der Waals surface area contributed by atoms with Gasteiger partial charge in [-0.3, -0.25) is 13.9 Å². The maximum Gasteiger partial charge on any atom is 0.265 e. The van der Waals surface area contributed by atoms with E-state index in [9.17, 15) is 18.0 Å². The molecule has 1 aliphatic carbocycles. The Hall–Kier alpha value is -3.69. The Balaban J connectivity index is 1.25. The minimum absolute atomic E-state index is 0.105. The third kappa shape index (κ3) is 6.40. The summed E-state index contributed by atoms with van der Waals surface area (Å²) in [5.41, 5.74) is 2.53. The van der Waals surface area contributed by atoms with Crippen molar-refractivity contribution in [3.8, 4) is 0 Å². The zero-order valence-electron chi connectivity index (χ0n) is 24.5. The van der Waals surface area contributed by atoms with E-state index in [1.54, 1.807) is 17.0 Å². The first-order valence-corrected chi connectivity index (χ1v) is 17.5. The van der Waals surface area contributed by atoms with E-state index in [-0.39, 0.29) is 37.4 Å². The number of anilines is 1. The monoisotopic (exact) mass is 673 g/mol. The van der Waals surface area contributed by atoms with Crippen LogP contribution in [0.2, 0.25) is 0 Å². The predicted molar refractivity (Wildman–Crippen MR) is 177 cm³/mol. The van der Waals surface area contributed by atoms with Gasteiger partial charge in [-0.15, -0.1) is 0 Å². The van der Waals surface area contributed by atoms with Crippen LogP contribution in [0.4, 0.5) is 5.69 Å². The molecule has 0 radical (unpaired) electrons. The summed E-state index contributed by atoms with van der Waals surface area (Å²) in [6.45, 7) is 0.435. The number of nitrogens with zero attached hydrogens (tertiary/aromatic N) is 2. The lowest BCUT2D eigenvalue weighted by Crippen LogP contribution is -2.52. The van der Waals surface area contributed by atoms with Crippen molar-refractivity contribution in [2.45, 2.75) is 68.5 Å². The van der Waals surface area contributed by atoms with Crippen LogP contribution in [-0.2, 0) is 32.6 Å². The molecule has 0 saturated heterocycles. The number of carbonyl (C=O) groups is 2. The maximum atomic E-state index is 14.1. The average Bonchev–Trinajstić information content (AvgIpc) is 3.61. The maximum absolute atomic E-state index is 14.1. The summed E-state index contributed by atoms with van der Waals surface area (Å²) in [6.07, 6.45) is 4.88. The SMILES string of the molecule is O=C(NC1CCCC1)[C@@H](Cc1ccccc1)N(Cc1cccc(Br)c1)C(=O)CCCN1c2cccc3cccc(c23)S1(=O)=O. The Kier molecular flexibility index (Phi) is 9.05. The van der Waals surface area contributed by atoms with Gasteiger partial charge in [-0.1, -0.05) is 95.5 Å². The van der Waals surface area contributed by atoms with E-state index in [2.05, 4.69) is 21.2 Å². The van der Waals surface area contributed by atoms with Gasteiger partial charge in [0.15, 0.2) is 0 Å². The van der Waals surface area contributed by atoms with E-state index < -0.39 is 16.1 Å². The second-order valence-electron chi connectivity index (χ2n) is 11.7. The van der Waals surface area contributed by atoms with Crippen molar-refractivity contribution in [2.75, 3.05) is 10.8 Å². The molecule has 1 aliphatic heterocycles. The first-order chi connectivity index (χ1) is 21.3. The zero-order valence-corrected chi connectivity index (χ0v) is 26.9. The van der Waals surface area contributed by atoms with Gasteiger partial charge in [-0.05, 0) is 60.0 Å². The fourth-order valence-electron chi connectivity index (χ4n) is 6.47. The highest BCUT2D eigenvalue weighted by molar-refractivity contribution is 9.10. The van der Waals surface area contributed by atoms with Crippen molar-refractivity contribution >= 4 is 54.2 Å². The van der Waals surface area contributed by atoms with Gasteiger partial charge < -0.3 is 10.2 Å². The molecule has 4 aromatic carbocycles. The van der Waals surface area contributed by atoms with Gasteiger partial charge in [0.25, 0.3) is 10.0 Å². The molecule has 0 aromatic heterocycles. The number of amides is 2. The molecular formula is C35H36BrN3O4S. The Labute approximate surface area is 267 Å². The minimum Gasteiger partial charge on any atom is -0.352 e. The highest BCUT2D eigenvalue weighted by Gasteiger charge is 2.36. The first-order valence-electron chi connectivity index (χ1n) is 15.2. The van der Waals surface area contributed by atoms with Crippen LogP contribution < -0.4 is 9.62 Å². The molecule has 1 fully saturated rings. The molecule has 9 heteroatoms. The summed E-state index contributed by atoms with van der Waals surface area (Å²) in [5, 5.41) is 4.84. The quantitative estimate of drug-likeness (QED) is 0.195. The Morgan fingerprint density at radius 2 is 1.61 bits per heavy atom. The lowest BCUT2D eigenvalue weighted by molar-refractivity contribution is -0.141. The third-order valence-electron chi connectivity index (χ3n) is 8.65. The van der Waals surface area contributed by atoms with E-state index >= 15 is 0 Å². The molecule has 1 saturated carbocycles. The van der Waals surface area contributed by atoms with Crippen molar-refractivity contribution in [1.82, 2.24) is 10.2 Å². The molecule has 0 bridgehead atoms. The second-order valence-corrected chi connectivity index (χ2v) is 14.4. The number of nitrogens with one attached hydrogen (secondary N) is 1.